The maximum Gasteiger partial charge on any atom is 0.323 e. The topological polar surface area (TPSA) is 60.8 Å². The monoisotopic (exact) mass is 251 g/mol. The number of carbonyl (C=O) groups is 1. The van der Waals surface area contributed by atoms with E-state index in [0.717, 1.165) is 11.3 Å². The van der Waals surface area contributed by atoms with Crippen LogP contribution >= 0.6 is 0 Å². The molecule has 0 aliphatic carbocycles. The first-order valence-electron chi connectivity index (χ1n) is 6.10. The Morgan fingerprint density at radius 2 is 1.89 bits per heavy atom. The second-order valence-electron chi connectivity index (χ2n) is 4.94. The summed E-state index contributed by atoms with van der Waals surface area (Å²) >= 11 is 0. The summed E-state index contributed by atoms with van der Waals surface area (Å²) in [4.78, 5) is 12.6. The summed E-state index contributed by atoms with van der Waals surface area (Å²) in [5.74, 6) is -0.900. The number of carboxylic acids is 1. The molecule has 0 heterocycles. The lowest BCUT2D eigenvalue weighted by Crippen LogP contribution is -2.42. The molecular formula is C14H21NO3. The van der Waals surface area contributed by atoms with Crippen LogP contribution < -0.4 is 4.90 Å². The lowest BCUT2D eigenvalue weighted by molar-refractivity contribution is -0.135. The number of anilines is 1. The number of benzene rings is 1. The molecule has 0 amide bonds. The largest absolute Gasteiger partial charge is 0.480 e. The molecule has 2 N–H and O–H groups in total. The van der Waals surface area contributed by atoms with Gasteiger partial charge in [0.1, 0.15) is 6.54 Å². The van der Waals surface area contributed by atoms with Crippen molar-refractivity contribution in [3.05, 3.63) is 29.8 Å². The Morgan fingerprint density at radius 3 is 2.33 bits per heavy atom. The molecule has 1 atom stereocenters. The van der Waals surface area contributed by atoms with Crippen molar-refractivity contribution in [1.29, 1.82) is 0 Å². The molecule has 0 aliphatic rings. The van der Waals surface area contributed by atoms with Crippen LogP contribution in [0.2, 0.25) is 0 Å². The van der Waals surface area contributed by atoms with Gasteiger partial charge in [-0.15, -0.1) is 0 Å². The van der Waals surface area contributed by atoms with Gasteiger partial charge >= 0.3 is 5.97 Å². The normalized spacial score (nSPS) is 14.0. The minimum Gasteiger partial charge on any atom is -0.480 e. The molecular weight excluding hydrogens is 230 g/mol. The summed E-state index contributed by atoms with van der Waals surface area (Å²) in [7, 11) is 0. The second kappa shape index (κ2) is 5.87. The van der Waals surface area contributed by atoms with Gasteiger partial charge in [-0.3, -0.25) is 4.79 Å². The van der Waals surface area contributed by atoms with Gasteiger partial charge < -0.3 is 15.1 Å². The van der Waals surface area contributed by atoms with Crippen LogP contribution in [0.25, 0.3) is 0 Å². The molecule has 0 aromatic heterocycles. The Hall–Kier alpha value is -1.55. The van der Waals surface area contributed by atoms with Crippen LogP contribution in [0.5, 0.6) is 0 Å². The molecule has 4 nitrogen and oxygen atoms in total. The standard InChI is InChI=1S/C14H21NO3/c1-4-14(3,18)10-15(9-13(16)17)12-7-5-11(2)6-8-12/h5-8,18H,4,9-10H2,1-3H3,(H,16,17). The predicted molar refractivity (Wildman–Crippen MR) is 71.9 cm³/mol. The van der Waals surface area contributed by atoms with Gasteiger partial charge in [-0.2, -0.15) is 0 Å². The van der Waals surface area contributed by atoms with E-state index in [0.29, 0.717) is 13.0 Å². The molecule has 0 aliphatic heterocycles. The Kier molecular flexibility index (Phi) is 4.73. The SMILES string of the molecule is CCC(C)(O)CN(CC(=O)O)c1ccc(C)cc1. The molecule has 1 rings (SSSR count). The highest BCUT2D eigenvalue weighted by Gasteiger charge is 2.23. The first-order valence-corrected chi connectivity index (χ1v) is 6.10. The molecule has 0 saturated heterocycles. The van der Waals surface area contributed by atoms with E-state index < -0.39 is 11.6 Å². The van der Waals surface area contributed by atoms with E-state index in [9.17, 15) is 9.90 Å². The van der Waals surface area contributed by atoms with Crippen molar-refractivity contribution in [2.24, 2.45) is 0 Å². The third-order valence-corrected chi connectivity index (χ3v) is 3.02. The molecule has 18 heavy (non-hydrogen) atoms. The Morgan fingerprint density at radius 1 is 1.33 bits per heavy atom. The number of hydrogen-bond acceptors (Lipinski definition) is 3. The molecule has 0 bridgehead atoms. The molecule has 1 aromatic carbocycles. The van der Waals surface area contributed by atoms with Crippen LogP contribution in [0, 0.1) is 6.92 Å². The van der Waals surface area contributed by atoms with Crippen molar-refractivity contribution in [3.8, 4) is 0 Å². The van der Waals surface area contributed by atoms with Crippen molar-refractivity contribution in [1.82, 2.24) is 0 Å². The first-order chi connectivity index (χ1) is 8.34. The number of hydrogen-bond donors (Lipinski definition) is 2. The molecule has 1 unspecified atom stereocenters. The second-order valence-corrected chi connectivity index (χ2v) is 4.94. The molecule has 4 heteroatoms. The van der Waals surface area contributed by atoms with Gasteiger partial charge in [-0.05, 0) is 32.4 Å². The smallest absolute Gasteiger partial charge is 0.323 e. The summed E-state index contributed by atoms with van der Waals surface area (Å²) in [6, 6.07) is 7.63. The van der Waals surface area contributed by atoms with E-state index in [1.54, 1.807) is 11.8 Å². The average molecular weight is 251 g/mol. The molecule has 0 spiro atoms. The van der Waals surface area contributed by atoms with E-state index in [2.05, 4.69) is 0 Å². The fraction of sp³-hybridized carbons (Fsp3) is 0.500. The van der Waals surface area contributed by atoms with Crippen LogP contribution in [0.4, 0.5) is 5.69 Å². The van der Waals surface area contributed by atoms with Crippen molar-refractivity contribution < 1.29 is 15.0 Å². The molecule has 100 valence electrons. The number of nitrogens with zero attached hydrogens (tertiary/aromatic N) is 1. The van der Waals surface area contributed by atoms with E-state index in [1.807, 2.05) is 38.1 Å². The van der Waals surface area contributed by atoms with Gasteiger partial charge in [0.15, 0.2) is 0 Å². The van der Waals surface area contributed by atoms with Crippen LogP contribution in [-0.4, -0.2) is 34.9 Å². The van der Waals surface area contributed by atoms with Gasteiger partial charge in [0.05, 0.1) is 5.60 Å². The third-order valence-electron chi connectivity index (χ3n) is 3.02. The fourth-order valence-electron chi connectivity index (χ4n) is 1.68. The first kappa shape index (κ1) is 14.5. The van der Waals surface area contributed by atoms with Crippen LogP contribution in [0.1, 0.15) is 25.8 Å². The maximum atomic E-state index is 10.9. The highest BCUT2D eigenvalue weighted by Crippen LogP contribution is 2.19. The van der Waals surface area contributed by atoms with Crippen LogP contribution in [-0.2, 0) is 4.79 Å². The number of aryl methyl sites for hydroxylation is 1. The van der Waals surface area contributed by atoms with Crippen LogP contribution in [0.15, 0.2) is 24.3 Å². The zero-order valence-corrected chi connectivity index (χ0v) is 11.2. The summed E-state index contributed by atoms with van der Waals surface area (Å²) in [5, 5.41) is 19.0. The summed E-state index contributed by atoms with van der Waals surface area (Å²) in [6.45, 7) is 5.77. The number of rotatable bonds is 6. The average Bonchev–Trinajstić information content (AvgIpc) is 2.28. The van der Waals surface area contributed by atoms with E-state index in [1.165, 1.54) is 0 Å². The van der Waals surface area contributed by atoms with Crippen molar-refractivity contribution in [2.75, 3.05) is 18.0 Å². The Labute approximate surface area is 108 Å². The molecule has 0 saturated carbocycles. The van der Waals surface area contributed by atoms with Gasteiger partial charge in [-0.1, -0.05) is 24.6 Å². The quantitative estimate of drug-likeness (QED) is 0.812. The van der Waals surface area contributed by atoms with E-state index >= 15 is 0 Å². The molecule has 1 aromatic rings. The minimum atomic E-state index is -0.900. The summed E-state index contributed by atoms with van der Waals surface area (Å²) < 4.78 is 0. The van der Waals surface area contributed by atoms with Crippen molar-refractivity contribution >= 4 is 11.7 Å². The van der Waals surface area contributed by atoms with Gasteiger partial charge in [0, 0.05) is 12.2 Å². The molecule has 0 fully saturated rings. The molecule has 0 radical (unpaired) electrons. The highest BCUT2D eigenvalue weighted by atomic mass is 16.4. The summed E-state index contributed by atoms with van der Waals surface area (Å²) in [5.41, 5.74) is 1.05. The van der Waals surface area contributed by atoms with Gasteiger partial charge in [-0.25, -0.2) is 0 Å². The van der Waals surface area contributed by atoms with E-state index in [4.69, 9.17) is 5.11 Å². The lowest BCUT2D eigenvalue weighted by Gasteiger charge is -2.31. The minimum absolute atomic E-state index is 0.112. The summed E-state index contributed by atoms with van der Waals surface area (Å²) in [6.07, 6.45) is 0.578. The van der Waals surface area contributed by atoms with E-state index in [-0.39, 0.29) is 6.54 Å². The van der Waals surface area contributed by atoms with Crippen LogP contribution in [0.3, 0.4) is 0 Å². The highest BCUT2D eigenvalue weighted by molar-refractivity contribution is 5.73. The van der Waals surface area contributed by atoms with Gasteiger partial charge in [0.25, 0.3) is 0 Å². The van der Waals surface area contributed by atoms with Crippen molar-refractivity contribution in [2.45, 2.75) is 32.8 Å². The Balaban J connectivity index is 2.91. The number of aliphatic carboxylic acids is 1. The van der Waals surface area contributed by atoms with Crippen molar-refractivity contribution in [3.63, 3.8) is 0 Å². The number of carboxylic acid groups (broad SMARTS) is 1. The lowest BCUT2D eigenvalue weighted by atomic mass is 10.0. The predicted octanol–water partition coefficient (Wildman–Crippen LogP) is 2.05. The number of aliphatic hydroxyl groups is 1. The fourth-order valence-corrected chi connectivity index (χ4v) is 1.68. The maximum absolute atomic E-state index is 10.9. The third kappa shape index (κ3) is 4.37. The van der Waals surface area contributed by atoms with Gasteiger partial charge in [0.2, 0.25) is 0 Å². The zero-order valence-electron chi connectivity index (χ0n) is 11.2. The zero-order chi connectivity index (χ0) is 13.8. The Bertz CT molecular complexity index is 398.